The molecule has 0 N–H and O–H groups in total. The number of rotatable bonds is 0. The van der Waals surface area contributed by atoms with Crippen molar-refractivity contribution in [3.63, 3.8) is 0 Å². The van der Waals surface area contributed by atoms with E-state index in [0.717, 1.165) is 0 Å². The Morgan fingerprint density at radius 2 is 1.12 bits per heavy atom. The summed E-state index contributed by atoms with van der Waals surface area (Å²) < 4.78 is 0. The molecule has 0 nitrogen and oxygen atoms in total. The van der Waals surface area contributed by atoms with Gasteiger partial charge in [-0.15, -0.1) is 0 Å². The molecule has 2 aromatic rings. The minimum Gasteiger partial charge on any atom is -0.0590 e. The van der Waals surface area contributed by atoms with Gasteiger partial charge in [-0.05, 0) is 36.1 Å². The monoisotopic (exact) mass is 283 g/mol. The molecule has 0 unspecified atom stereocenters. The van der Waals surface area contributed by atoms with Gasteiger partial charge < -0.3 is 0 Å². The van der Waals surface area contributed by atoms with Gasteiger partial charge in [-0.2, -0.15) is 0 Å². The van der Waals surface area contributed by atoms with Crippen molar-refractivity contribution in [1.29, 1.82) is 0 Å². The first-order chi connectivity index (χ1) is 7.24. The van der Waals surface area contributed by atoms with Crippen molar-refractivity contribution in [2.75, 3.05) is 0 Å². The van der Waals surface area contributed by atoms with Gasteiger partial charge in [0.25, 0.3) is 0 Å². The number of fused-ring (bicyclic) bond motifs is 3. The Balaban J connectivity index is 0.000000963. The van der Waals surface area contributed by atoms with Crippen LogP contribution in [0, 0.1) is 20.3 Å². The van der Waals surface area contributed by atoms with E-state index in [-0.39, 0.29) is 26.2 Å². The molecule has 0 bridgehead atoms. The molecule has 1 aliphatic rings. The number of hydrogen-bond donors (Lipinski definition) is 0. The van der Waals surface area contributed by atoms with Crippen molar-refractivity contribution in [3.05, 3.63) is 65.1 Å². The van der Waals surface area contributed by atoms with Crippen LogP contribution in [-0.4, -0.2) is 0 Å². The van der Waals surface area contributed by atoms with Gasteiger partial charge in [-0.1, -0.05) is 47.5 Å². The summed E-state index contributed by atoms with van der Waals surface area (Å²) >= 11 is 0. The predicted octanol–water partition coefficient (Wildman–Crippen LogP) is 3.88. The smallest absolute Gasteiger partial charge is 0.0211 e. The molecule has 3 rings (SSSR count). The van der Waals surface area contributed by atoms with Crippen LogP contribution < -0.4 is 0 Å². The SMILES string of the molecule is Cc1ccc2c(c1)-c1cc(C)ccc1[CH]2.[Zr]. The molecule has 0 spiro atoms. The van der Waals surface area contributed by atoms with Gasteiger partial charge >= 0.3 is 0 Å². The van der Waals surface area contributed by atoms with E-state index in [4.69, 9.17) is 0 Å². The Morgan fingerprint density at radius 3 is 1.56 bits per heavy atom. The van der Waals surface area contributed by atoms with Crippen LogP contribution in [0.4, 0.5) is 0 Å². The zero-order chi connectivity index (χ0) is 10.4. The van der Waals surface area contributed by atoms with E-state index < -0.39 is 0 Å². The van der Waals surface area contributed by atoms with E-state index in [9.17, 15) is 0 Å². The molecule has 0 saturated carbocycles. The summed E-state index contributed by atoms with van der Waals surface area (Å²) in [6.45, 7) is 4.29. The van der Waals surface area contributed by atoms with E-state index in [2.05, 4.69) is 56.7 Å². The molecule has 1 radical (unpaired) electrons. The second-order valence-electron chi connectivity index (χ2n) is 4.33. The maximum Gasteiger partial charge on any atom is 0.0211 e. The van der Waals surface area contributed by atoms with E-state index in [1.54, 1.807) is 0 Å². The molecule has 0 heterocycles. The molecule has 16 heavy (non-hydrogen) atoms. The standard InChI is InChI=1S/C15H13.Zr/c1-10-3-5-12-9-13-6-4-11(2)8-15(13)14(12)7-10;/h3-9H,1-2H3;. The van der Waals surface area contributed by atoms with Crippen LogP contribution in [0.15, 0.2) is 36.4 Å². The van der Waals surface area contributed by atoms with Gasteiger partial charge in [0.15, 0.2) is 0 Å². The van der Waals surface area contributed by atoms with Crippen molar-refractivity contribution in [1.82, 2.24) is 0 Å². The first-order valence-corrected chi connectivity index (χ1v) is 5.30. The molecule has 1 aliphatic carbocycles. The summed E-state index contributed by atoms with van der Waals surface area (Å²) in [7, 11) is 0. The number of benzene rings is 2. The average Bonchev–Trinajstić information content (AvgIpc) is 2.56. The van der Waals surface area contributed by atoms with Crippen LogP contribution in [0.3, 0.4) is 0 Å². The minimum atomic E-state index is 0. The van der Waals surface area contributed by atoms with Crippen LogP contribution in [0.25, 0.3) is 11.1 Å². The Bertz CT molecular complexity index is 492. The van der Waals surface area contributed by atoms with Gasteiger partial charge in [-0.3, -0.25) is 0 Å². The summed E-state index contributed by atoms with van der Waals surface area (Å²) in [5, 5.41) is 0. The molecule has 77 valence electrons. The number of aryl methyl sites for hydroxylation is 2. The van der Waals surface area contributed by atoms with Crippen LogP contribution >= 0.6 is 0 Å². The largest absolute Gasteiger partial charge is 0.0590 e. The minimum absolute atomic E-state index is 0. The zero-order valence-electron chi connectivity index (χ0n) is 9.54. The zero-order valence-corrected chi connectivity index (χ0v) is 12.0. The van der Waals surface area contributed by atoms with Gasteiger partial charge in [0.2, 0.25) is 0 Å². The van der Waals surface area contributed by atoms with Crippen molar-refractivity contribution >= 4 is 0 Å². The third-order valence-corrected chi connectivity index (χ3v) is 3.02. The van der Waals surface area contributed by atoms with Crippen LogP contribution in [-0.2, 0) is 26.2 Å². The van der Waals surface area contributed by atoms with Crippen LogP contribution in [0.5, 0.6) is 0 Å². The van der Waals surface area contributed by atoms with Gasteiger partial charge in [-0.25, -0.2) is 0 Å². The van der Waals surface area contributed by atoms with Gasteiger partial charge in [0.1, 0.15) is 0 Å². The second kappa shape index (κ2) is 4.30. The Morgan fingerprint density at radius 1 is 0.688 bits per heavy atom. The molecule has 0 aromatic heterocycles. The molecule has 0 saturated heterocycles. The molecular weight excluding hydrogens is 271 g/mol. The Kier molecular flexibility index (Phi) is 3.17. The summed E-state index contributed by atoms with van der Waals surface area (Å²) in [6.07, 6.45) is 2.27. The van der Waals surface area contributed by atoms with Crippen molar-refractivity contribution in [2.45, 2.75) is 13.8 Å². The normalized spacial score (nSPS) is 11.6. The van der Waals surface area contributed by atoms with Crippen LogP contribution in [0.1, 0.15) is 22.3 Å². The fourth-order valence-electron chi connectivity index (χ4n) is 2.23. The fourth-order valence-corrected chi connectivity index (χ4v) is 2.23. The maximum absolute atomic E-state index is 2.27. The van der Waals surface area contributed by atoms with E-state index in [0.29, 0.717) is 0 Å². The third-order valence-electron chi connectivity index (χ3n) is 3.02. The molecule has 0 fully saturated rings. The molecule has 1 heteroatoms. The third kappa shape index (κ3) is 1.82. The Hall–Kier alpha value is -0.677. The fraction of sp³-hybridized carbons (Fsp3) is 0.133. The summed E-state index contributed by atoms with van der Waals surface area (Å²) in [5.74, 6) is 0. The first-order valence-electron chi connectivity index (χ1n) is 5.30. The summed E-state index contributed by atoms with van der Waals surface area (Å²) in [5.41, 5.74) is 8.12. The van der Waals surface area contributed by atoms with E-state index in [1.165, 1.54) is 33.4 Å². The van der Waals surface area contributed by atoms with E-state index >= 15 is 0 Å². The first kappa shape index (κ1) is 11.8. The number of hydrogen-bond acceptors (Lipinski definition) is 0. The summed E-state index contributed by atoms with van der Waals surface area (Å²) in [6, 6.07) is 13.3. The molecule has 0 atom stereocenters. The maximum atomic E-state index is 2.27. The van der Waals surface area contributed by atoms with Gasteiger partial charge in [0, 0.05) is 32.6 Å². The van der Waals surface area contributed by atoms with Crippen molar-refractivity contribution < 1.29 is 26.2 Å². The van der Waals surface area contributed by atoms with Crippen molar-refractivity contribution in [3.8, 4) is 11.1 Å². The quantitative estimate of drug-likeness (QED) is 0.588. The Labute approximate surface area is 116 Å². The van der Waals surface area contributed by atoms with E-state index in [1.807, 2.05) is 0 Å². The van der Waals surface area contributed by atoms with Gasteiger partial charge in [0.05, 0.1) is 0 Å². The predicted molar refractivity (Wildman–Crippen MR) is 63.9 cm³/mol. The van der Waals surface area contributed by atoms with Crippen LogP contribution in [0.2, 0.25) is 0 Å². The molecule has 0 amide bonds. The van der Waals surface area contributed by atoms with Crippen molar-refractivity contribution in [2.24, 2.45) is 0 Å². The average molecular weight is 284 g/mol. The molecule has 2 aromatic carbocycles. The molecule has 0 aliphatic heterocycles. The topological polar surface area (TPSA) is 0 Å². The molecular formula is C15H13Zr. The second-order valence-corrected chi connectivity index (χ2v) is 4.33. The summed E-state index contributed by atoms with van der Waals surface area (Å²) in [4.78, 5) is 0.